The first-order valence-electron chi connectivity index (χ1n) is 4.14. The Bertz CT molecular complexity index is 132. The van der Waals surface area contributed by atoms with Crippen LogP contribution < -0.4 is 0 Å². The van der Waals surface area contributed by atoms with E-state index >= 15 is 0 Å². The van der Waals surface area contributed by atoms with Crippen LogP contribution in [0, 0.1) is 0 Å². The maximum atomic E-state index is 9.85. The van der Waals surface area contributed by atoms with Gasteiger partial charge in [0.15, 0.2) is 6.29 Å². The molecule has 0 N–H and O–H groups in total. The zero-order valence-corrected chi connectivity index (χ0v) is 7.66. The highest BCUT2D eigenvalue weighted by Crippen LogP contribution is 1.94. The van der Waals surface area contributed by atoms with Crippen molar-refractivity contribution in [2.45, 2.75) is 26.6 Å². The predicted molar refractivity (Wildman–Crippen MR) is 46.9 cm³/mol. The highest BCUT2D eigenvalue weighted by atomic mass is 16.7. The van der Waals surface area contributed by atoms with Gasteiger partial charge < -0.3 is 9.47 Å². The van der Waals surface area contributed by atoms with Crippen LogP contribution >= 0.6 is 0 Å². The molecule has 0 heterocycles. The zero-order valence-electron chi connectivity index (χ0n) is 7.66. The van der Waals surface area contributed by atoms with Crippen molar-refractivity contribution in [1.82, 2.24) is 0 Å². The van der Waals surface area contributed by atoms with Crippen LogP contribution in [0.2, 0.25) is 0 Å². The van der Waals surface area contributed by atoms with Crippen LogP contribution in [0.25, 0.3) is 0 Å². The number of rotatable bonds is 7. The molecule has 12 heavy (non-hydrogen) atoms. The second-order valence-electron chi connectivity index (χ2n) is 2.25. The third-order valence-electron chi connectivity index (χ3n) is 1.25. The van der Waals surface area contributed by atoms with Crippen molar-refractivity contribution in [2.75, 3.05) is 13.2 Å². The van der Waals surface area contributed by atoms with E-state index in [1.54, 1.807) is 6.08 Å². The molecule has 0 saturated carbocycles. The fourth-order valence-corrected chi connectivity index (χ4v) is 0.737. The second-order valence-corrected chi connectivity index (χ2v) is 2.25. The lowest BCUT2D eigenvalue weighted by molar-refractivity contribution is -0.125. The lowest BCUT2D eigenvalue weighted by atomic mass is 10.4. The van der Waals surface area contributed by atoms with E-state index in [9.17, 15) is 4.79 Å². The maximum Gasteiger partial charge on any atom is 0.154 e. The Labute approximate surface area is 73.4 Å². The molecule has 0 aromatic rings. The molecule has 0 radical (unpaired) electrons. The SMILES string of the molecule is CCOC(C)OCC/C=C/C=O. The average Bonchev–Trinajstić information content (AvgIpc) is 2.05. The third-order valence-corrected chi connectivity index (χ3v) is 1.25. The summed E-state index contributed by atoms with van der Waals surface area (Å²) in [6.07, 6.45) is 4.59. The van der Waals surface area contributed by atoms with E-state index in [-0.39, 0.29) is 6.29 Å². The summed E-state index contributed by atoms with van der Waals surface area (Å²) < 4.78 is 10.4. The first kappa shape index (κ1) is 11.3. The van der Waals surface area contributed by atoms with E-state index in [0.717, 1.165) is 12.7 Å². The van der Waals surface area contributed by atoms with E-state index in [1.807, 2.05) is 13.8 Å². The number of ether oxygens (including phenoxy) is 2. The fourth-order valence-electron chi connectivity index (χ4n) is 0.737. The van der Waals surface area contributed by atoms with Gasteiger partial charge >= 0.3 is 0 Å². The molecule has 0 aromatic heterocycles. The van der Waals surface area contributed by atoms with Gasteiger partial charge in [0.2, 0.25) is 0 Å². The van der Waals surface area contributed by atoms with Crippen molar-refractivity contribution in [2.24, 2.45) is 0 Å². The van der Waals surface area contributed by atoms with Gasteiger partial charge in [-0.3, -0.25) is 4.79 Å². The van der Waals surface area contributed by atoms with Crippen molar-refractivity contribution in [3.8, 4) is 0 Å². The van der Waals surface area contributed by atoms with Crippen LogP contribution in [0.1, 0.15) is 20.3 Å². The van der Waals surface area contributed by atoms with E-state index < -0.39 is 0 Å². The van der Waals surface area contributed by atoms with Gasteiger partial charge in [-0.2, -0.15) is 0 Å². The lowest BCUT2D eigenvalue weighted by Crippen LogP contribution is -2.13. The summed E-state index contributed by atoms with van der Waals surface area (Å²) >= 11 is 0. The molecule has 3 nitrogen and oxygen atoms in total. The molecule has 0 rings (SSSR count). The Morgan fingerprint density at radius 2 is 2.17 bits per heavy atom. The number of aldehydes is 1. The van der Waals surface area contributed by atoms with Gasteiger partial charge in [-0.15, -0.1) is 0 Å². The molecule has 1 unspecified atom stereocenters. The summed E-state index contributed by atoms with van der Waals surface area (Å²) in [5, 5.41) is 0. The number of carbonyl (C=O) groups is 1. The zero-order chi connectivity index (χ0) is 9.23. The standard InChI is InChI=1S/C9H16O3/c1-3-11-9(2)12-8-6-4-5-7-10/h4-5,7,9H,3,6,8H2,1-2H3/b5-4+. The molecule has 1 atom stereocenters. The number of hydrogen-bond acceptors (Lipinski definition) is 3. The summed E-state index contributed by atoms with van der Waals surface area (Å²) in [5.74, 6) is 0. The minimum absolute atomic E-state index is 0.153. The molecule has 0 spiro atoms. The summed E-state index contributed by atoms with van der Waals surface area (Å²) in [7, 11) is 0. The maximum absolute atomic E-state index is 9.85. The Morgan fingerprint density at radius 1 is 1.42 bits per heavy atom. The summed E-state index contributed by atoms with van der Waals surface area (Å²) in [5.41, 5.74) is 0. The second kappa shape index (κ2) is 8.43. The number of allylic oxidation sites excluding steroid dienone is 1. The molecular weight excluding hydrogens is 156 g/mol. The molecule has 70 valence electrons. The minimum Gasteiger partial charge on any atom is -0.353 e. The first-order chi connectivity index (χ1) is 5.81. The van der Waals surface area contributed by atoms with Crippen molar-refractivity contribution in [3.05, 3.63) is 12.2 Å². The molecule has 0 aliphatic heterocycles. The van der Waals surface area contributed by atoms with Crippen LogP contribution in [0.4, 0.5) is 0 Å². The number of hydrogen-bond donors (Lipinski definition) is 0. The quantitative estimate of drug-likeness (QED) is 0.253. The van der Waals surface area contributed by atoms with E-state index in [0.29, 0.717) is 13.2 Å². The minimum atomic E-state index is -0.153. The van der Waals surface area contributed by atoms with Crippen molar-refractivity contribution >= 4 is 6.29 Å². The lowest BCUT2D eigenvalue weighted by Gasteiger charge is -2.11. The number of carbonyl (C=O) groups excluding carboxylic acids is 1. The first-order valence-corrected chi connectivity index (χ1v) is 4.14. The molecule has 0 aliphatic rings. The molecule has 0 bridgehead atoms. The van der Waals surface area contributed by atoms with Gasteiger partial charge in [-0.1, -0.05) is 6.08 Å². The van der Waals surface area contributed by atoms with Crippen molar-refractivity contribution < 1.29 is 14.3 Å². The van der Waals surface area contributed by atoms with E-state index in [4.69, 9.17) is 9.47 Å². The van der Waals surface area contributed by atoms with Crippen molar-refractivity contribution in [1.29, 1.82) is 0 Å². The monoisotopic (exact) mass is 172 g/mol. The van der Waals surface area contributed by atoms with Gasteiger partial charge in [-0.25, -0.2) is 0 Å². The van der Waals surface area contributed by atoms with E-state index in [1.165, 1.54) is 6.08 Å². The largest absolute Gasteiger partial charge is 0.353 e. The Kier molecular flexibility index (Phi) is 7.96. The highest BCUT2D eigenvalue weighted by Gasteiger charge is 1.97. The molecule has 0 amide bonds. The fraction of sp³-hybridized carbons (Fsp3) is 0.667. The Balaban J connectivity index is 3.18. The molecule has 0 fully saturated rings. The van der Waals surface area contributed by atoms with Crippen LogP contribution in [-0.2, 0) is 14.3 Å². The molecule has 0 saturated heterocycles. The Morgan fingerprint density at radius 3 is 2.75 bits per heavy atom. The van der Waals surface area contributed by atoms with Crippen molar-refractivity contribution in [3.63, 3.8) is 0 Å². The van der Waals surface area contributed by atoms with Crippen LogP contribution in [0.15, 0.2) is 12.2 Å². The predicted octanol–water partition coefficient (Wildman–Crippen LogP) is 1.53. The van der Waals surface area contributed by atoms with Gasteiger partial charge in [0, 0.05) is 6.61 Å². The summed E-state index contributed by atoms with van der Waals surface area (Å²) in [6.45, 7) is 5.02. The van der Waals surface area contributed by atoms with Crippen LogP contribution in [-0.4, -0.2) is 25.8 Å². The summed E-state index contributed by atoms with van der Waals surface area (Å²) in [6, 6.07) is 0. The van der Waals surface area contributed by atoms with Gasteiger partial charge in [0.25, 0.3) is 0 Å². The van der Waals surface area contributed by atoms with Crippen LogP contribution in [0.5, 0.6) is 0 Å². The normalized spacial score (nSPS) is 13.5. The van der Waals surface area contributed by atoms with Gasteiger partial charge in [0.05, 0.1) is 6.61 Å². The third kappa shape index (κ3) is 7.44. The topological polar surface area (TPSA) is 35.5 Å². The van der Waals surface area contributed by atoms with Gasteiger partial charge in [-0.05, 0) is 26.3 Å². The average molecular weight is 172 g/mol. The molecule has 0 aromatic carbocycles. The molecule has 3 heteroatoms. The van der Waals surface area contributed by atoms with Crippen LogP contribution in [0.3, 0.4) is 0 Å². The summed E-state index contributed by atoms with van der Waals surface area (Å²) in [4.78, 5) is 9.85. The highest BCUT2D eigenvalue weighted by molar-refractivity contribution is 5.64. The van der Waals surface area contributed by atoms with E-state index in [2.05, 4.69) is 0 Å². The molecular formula is C9H16O3. The van der Waals surface area contributed by atoms with Gasteiger partial charge in [0.1, 0.15) is 6.29 Å². The smallest absolute Gasteiger partial charge is 0.154 e. The Hall–Kier alpha value is -0.670. The molecule has 0 aliphatic carbocycles.